The Morgan fingerprint density at radius 1 is 1.20 bits per heavy atom. The average Bonchev–Trinajstić information content (AvgIpc) is 3.37. The van der Waals surface area contributed by atoms with Gasteiger partial charge in [-0.15, -0.1) is 0 Å². The minimum atomic E-state index is -0.401. The molecule has 5 rings (SSSR count). The molecule has 2 heterocycles. The van der Waals surface area contributed by atoms with Gasteiger partial charge in [0, 0.05) is 24.2 Å². The van der Waals surface area contributed by atoms with Gasteiger partial charge in [0.25, 0.3) is 5.91 Å². The lowest BCUT2D eigenvalue weighted by molar-refractivity contribution is -0.125. The Morgan fingerprint density at radius 3 is 2.73 bits per heavy atom. The quantitative estimate of drug-likeness (QED) is 0.756. The molecule has 0 radical (unpaired) electrons. The number of nitrogens with one attached hydrogen (secondary N) is 1. The molecule has 1 saturated carbocycles. The van der Waals surface area contributed by atoms with Crippen molar-refractivity contribution in [2.24, 2.45) is 11.1 Å². The topological polar surface area (TPSA) is 79.2 Å². The van der Waals surface area contributed by atoms with Gasteiger partial charge in [0.1, 0.15) is 0 Å². The summed E-state index contributed by atoms with van der Waals surface area (Å²) in [5.41, 5.74) is 12.5. The highest BCUT2D eigenvalue weighted by atomic mass is 16.2. The first-order chi connectivity index (χ1) is 14.5. The van der Waals surface area contributed by atoms with E-state index in [1.165, 1.54) is 49.4 Å². The second-order valence-corrected chi connectivity index (χ2v) is 9.22. The number of primary amides is 1. The number of carbonyl (C=O) groups is 2. The number of hydrogen-bond donors (Lipinski definition) is 2. The van der Waals surface area contributed by atoms with Crippen LogP contribution in [0, 0.1) is 5.41 Å². The van der Waals surface area contributed by atoms with Crippen LogP contribution in [0.5, 0.6) is 0 Å². The second kappa shape index (κ2) is 7.15. The summed E-state index contributed by atoms with van der Waals surface area (Å²) < 4.78 is 0. The highest BCUT2D eigenvalue weighted by molar-refractivity contribution is 6.09. The van der Waals surface area contributed by atoms with E-state index in [2.05, 4.69) is 17.6 Å². The van der Waals surface area contributed by atoms with Crippen LogP contribution in [0.15, 0.2) is 30.9 Å². The zero-order valence-corrected chi connectivity index (χ0v) is 17.4. The monoisotopic (exact) mass is 403 g/mol. The maximum Gasteiger partial charge on any atom is 0.250 e. The number of nitrogens with zero attached hydrogens (tertiary/aromatic N) is 1. The van der Waals surface area contributed by atoms with Gasteiger partial charge in [-0.3, -0.25) is 9.59 Å². The molecule has 2 amide bonds. The predicted octanol–water partition coefficient (Wildman–Crippen LogP) is 4.12. The molecule has 1 fully saturated rings. The molecule has 5 heteroatoms. The van der Waals surface area contributed by atoms with E-state index < -0.39 is 5.91 Å². The Labute approximate surface area is 177 Å². The van der Waals surface area contributed by atoms with Crippen molar-refractivity contribution in [3.63, 3.8) is 0 Å². The van der Waals surface area contributed by atoms with Crippen LogP contribution in [-0.2, 0) is 17.6 Å². The number of H-pyrrole nitrogens is 1. The largest absolute Gasteiger partial charge is 0.366 e. The Hall–Kier alpha value is -2.82. The van der Waals surface area contributed by atoms with Crippen molar-refractivity contribution in [3.8, 4) is 0 Å². The van der Waals surface area contributed by atoms with Crippen LogP contribution in [0.2, 0.25) is 0 Å². The number of benzene rings is 1. The molecule has 156 valence electrons. The third-order valence-corrected chi connectivity index (χ3v) is 7.52. The van der Waals surface area contributed by atoms with Crippen molar-refractivity contribution in [1.29, 1.82) is 0 Å². The summed E-state index contributed by atoms with van der Waals surface area (Å²) in [6.45, 7) is 4.92. The number of aromatic nitrogens is 1. The zero-order chi connectivity index (χ0) is 20.9. The standard InChI is InChI=1S/C25H29N3O2/c1-2-21(29)28-13-5-6-16(15-28)17-7-8-18(24(26)30)23-22(17)19-14-25(10-3-4-11-25)12-9-20(19)27-23/h2,6-8,27H,1,3-5,9-15H2,(H2,26,30). The van der Waals surface area contributed by atoms with Crippen LogP contribution >= 0.6 is 0 Å². The van der Waals surface area contributed by atoms with Crippen molar-refractivity contribution in [2.45, 2.75) is 51.4 Å². The lowest BCUT2D eigenvalue weighted by Gasteiger charge is -2.34. The first-order valence-corrected chi connectivity index (χ1v) is 11.1. The summed E-state index contributed by atoms with van der Waals surface area (Å²) in [6, 6.07) is 3.86. The van der Waals surface area contributed by atoms with Gasteiger partial charge in [0.15, 0.2) is 0 Å². The summed E-state index contributed by atoms with van der Waals surface area (Å²) >= 11 is 0. The van der Waals surface area contributed by atoms with Crippen molar-refractivity contribution in [3.05, 3.63) is 53.2 Å². The fraction of sp³-hybridized carbons (Fsp3) is 0.440. The summed E-state index contributed by atoms with van der Waals surface area (Å²) in [4.78, 5) is 29.8. The van der Waals surface area contributed by atoms with E-state index in [0.717, 1.165) is 41.3 Å². The van der Waals surface area contributed by atoms with Crippen molar-refractivity contribution in [1.82, 2.24) is 9.88 Å². The van der Waals surface area contributed by atoms with Gasteiger partial charge in [0.05, 0.1) is 11.1 Å². The van der Waals surface area contributed by atoms with E-state index in [1.54, 1.807) is 0 Å². The lowest BCUT2D eigenvalue weighted by atomic mass is 9.71. The van der Waals surface area contributed by atoms with Gasteiger partial charge in [-0.2, -0.15) is 0 Å². The van der Waals surface area contributed by atoms with Gasteiger partial charge in [-0.05, 0) is 72.8 Å². The number of nitrogens with two attached hydrogens (primary N) is 1. The van der Waals surface area contributed by atoms with Gasteiger partial charge in [0.2, 0.25) is 5.91 Å². The molecule has 1 aromatic heterocycles. The SMILES string of the molecule is C=CC(=O)N1CCC=C(c2ccc(C(N)=O)c3[nH]c4c(c23)CC2(CCCC2)CC4)C1. The van der Waals surface area contributed by atoms with E-state index in [4.69, 9.17) is 5.73 Å². The second-order valence-electron chi connectivity index (χ2n) is 9.22. The fourth-order valence-corrected chi connectivity index (χ4v) is 5.97. The lowest BCUT2D eigenvalue weighted by Crippen LogP contribution is -2.34. The van der Waals surface area contributed by atoms with Crippen LogP contribution < -0.4 is 5.73 Å². The number of amides is 2. The van der Waals surface area contributed by atoms with Crippen molar-refractivity contribution < 1.29 is 9.59 Å². The summed E-state index contributed by atoms with van der Waals surface area (Å²) in [7, 11) is 0. The molecule has 2 aliphatic carbocycles. The Balaban J connectivity index is 1.66. The number of rotatable bonds is 3. The number of hydrogen-bond acceptors (Lipinski definition) is 2. The molecule has 3 aliphatic rings. The smallest absolute Gasteiger partial charge is 0.250 e. The van der Waals surface area contributed by atoms with E-state index in [1.807, 2.05) is 17.0 Å². The molecule has 2 aromatic rings. The Kier molecular flexibility index (Phi) is 4.57. The Morgan fingerprint density at radius 2 is 2.00 bits per heavy atom. The molecule has 0 atom stereocenters. The minimum Gasteiger partial charge on any atom is -0.366 e. The molecule has 1 aliphatic heterocycles. The van der Waals surface area contributed by atoms with E-state index in [0.29, 0.717) is 24.1 Å². The van der Waals surface area contributed by atoms with E-state index >= 15 is 0 Å². The van der Waals surface area contributed by atoms with Gasteiger partial charge >= 0.3 is 0 Å². The number of aromatic amines is 1. The first kappa shape index (κ1) is 19.2. The van der Waals surface area contributed by atoms with Crippen molar-refractivity contribution >= 4 is 28.3 Å². The molecule has 5 nitrogen and oxygen atoms in total. The highest BCUT2D eigenvalue weighted by Gasteiger charge is 2.39. The molecule has 1 aromatic carbocycles. The summed E-state index contributed by atoms with van der Waals surface area (Å²) in [6.07, 6.45) is 13.0. The Bertz CT molecular complexity index is 1090. The van der Waals surface area contributed by atoms with Crippen LogP contribution in [0.25, 0.3) is 16.5 Å². The number of fused-ring (bicyclic) bond motifs is 3. The molecule has 0 bridgehead atoms. The maximum absolute atomic E-state index is 12.2. The third-order valence-electron chi connectivity index (χ3n) is 7.52. The molecule has 3 N–H and O–H groups in total. The zero-order valence-electron chi connectivity index (χ0n) is 17.4. The molecule has 0 unspecified atom stereocenters. The molecule has 0 saturated heterocycles. The van der Waals surface area contributed by atoms with Crippen LogP contribution in [0.1, 0.15) is 65.7 Å². The first-order valence-electron chi connectivity index (χ1n) is 11.1. The molecular weight excluding hydrogens is 374 g/mol. The number of carbonyl (C=O) groups excluding carboxylic acids is 2. The van der Waals surface area contributed by atoms with E-state index in [-0.39, 0.29) is 5.91 Å². The fourth-order valence-electron chi connectivity index (χ4n) is 5.97. The predicted molar refractivity (Wildman–Crippen MR) is 119 cm³/mol. The summed E-state index contributed by atoms with van der Waals surface area (Å²) in [5.74, 6) is -0.437. The normalized spacial score (nSPS) is 20.3. The average molecular weight is 404 g/mol. The van der Waals surface area contributed by atoms with Gasteiger partial charge < -0.3 is 15.6 Å². The van der Waals surface area contributed by atoms with Crippen molar-refractivity contribution in [2.75, 3.05) is 13.1 Å². The molecular formula is C25H29N3O2. The number of aryl methyl sites for hydroxylation is 1. The van der Waals surface area contributed by atoms with Crippen LogP contribution in [0.4, 0.5) is 0 Å². The van der Waals surface area contributed by atoms with Crippen LogP contribution in [0.3, 0.4) is 0 Å². The maximum atomic E-state index is 12.2. The molecule has 1 spiro atoms. The van der Waals surface area contributed by atoms with Gasteiger partial charge in [-0.25, -0.2) is 0 Å². The van der Waals surface area contributed by atoms with E-state index in [9.17, 15) is 9.59 Å². The summed E-state index contributed by atoms with van der Waals surface area (Å²) in [5, 5.41) is 1.14. The minimum absolute atomic E-state index is 0.0355. The molecule has 30 heavy (non-hydrogen) atoms. The van der Waals surface area contributed by atoms with Gasteiger partial charge in [-0.1, -0.05) is 31.6 Å². The highest BCUT2D eigenvalue weighted by Crippen LogP contribution is 2.50. The van der Waals surface area contributed by atoms with Crippen LogP contribution in [-0.4, -0.2) is 34.8 Å². The third kappa shape index (κ3) is 2.99.